The fourth-order valence-electron chi connectivity index (χ4n) is 1.63. The summed E-state index contributed by atoms with van der Waals surface area (Å²) in [5, 5.41) is 12.3. The van der Waals surface area contributed by atoms with E-state index in [1.807, 2.05) is 18.2 Å². The summed E-state index contributed by atoms with van der Waals surface area (Å²) in [6.45, 7) is 1.90. The van der Waals surface area contributed by atoms with Gasteiger partial charge in [0.25, 0.3) is 0 Å². The van der Waals surface area contributed by atoms with Gasteiger partial charge < -0.3 is 14.8 Å². The number of methoxy groups -OCH3 is 1. The van der Waals surface area contributed by atoms with Gasteiger partial charge in [-0.1, -0.05) is 17.4 Å². The number of para-hydroxylation sites is 1. The second-order valence-electron chi connectivity index (χ2n) is 3.86. The van der Waals surface area contributed by atoms with Crippen LogP contribution in [0.3, 0.4) is 0 Å². The van der Waals surface area contributed by atoms with Gasteiger partial charge in [-0.2, -0.15) is 5.26 Å². The summed E-state index contributed by atoms with van der Waals surface area (Å²) in [5.74, 6) is 0.0119. The molecule has 1 heterocycles. The van der Waals surface area contributed by atoms with Crippen molar-refractivity contribution in [3.05, 3.63) is 30.0 Å². The molecule has 1 N–H and O–H groups in total. The van der Waals surface area contributed by atoms with E-state index in [1.54, 1.807) is 20.1 Å². The number of ether oxygens (including phenoxy) is 2. The normalized spacial score (nSPS) is 11.0. The third kappa shape index (κ3) is 3.30. The van der Waals surface area contributed by atoms with Gasteiger partial charge in [-0.25, -0.2) is 9.78 Å². The Kier molecular flexibility index (Phi) is 4.74. The first-order valence-electron chi connectivity index (χ1n) is 6.17. The number of hydrogen-bond acceptors (Lipinski definition) is 7. The Balaban J connectivity index is 2.24. The molecule has 6 nitrogen and oxygen atoms in total. The number of esters is 1. The van der Waals surface area contributed by atoms with Crippen LogP contribution in [0.4, 0.5) is 5.13 Å². The molecule has 0 radical (unpaired) electrons. The lowest BCUT2D eigenvalue weighted by Gasteiger charge is -1.99. The minimum Gasteiger partial charge on any atom is -0.494 e. The Morgan fingerprint density at radius 3 is 3.05 bits per heavy atom. The van der Waals surface area contributed by atoms with Gasteiger partial charge in [0, 0.05) is 6.20 Å². The van der Waals surface area contributed by atoms with Crippen LogP contribution < -0.4 is 10.1 Å². The van der Waals surface area contributed by atoms with Crippen molar-refractivity contribution in [2.45, 2.75) is 6.92 Å². The molecule has 0 saturated carbocycles. The van der Waals surface area contributed by atoms with Crippen LogP contribution in [0.5, 0.6) is 5.75 Å². The van der Waals surface area contributed by atoms with Crippen molar-refractivity contribution >= 4 is 32.7 Å². The Morgan fingerprint density at radius 1 is 1.57 bits per heavy atom. The molecule has 7 heteroatoms. The van der Waals surface area contributed by atoms with Crippen molar-refractivity contribution in [2.24, 2.45) is 0 Å². The number of carbonyl (C=O) groups excluding carboxylic acids is 1. The van der Waals surface area contributed by atoms with Crippen molar-refractivity contribution in [1.29, 1.82) is 5.26 Å². The van der Waals surface area contributed by atoms with Gasteiger partial charge in [0.1, 0.15) is 17.3 Å². The van der Waals surface area contributed by atoms with Gasteiger partial charge in [0.15, 0.2) is 10.7 Å². The van der Waals surface area contributed by atoms with Crippen LogP contribution in [-0.4, -0.2) is 24.7 Å². The predicted molar refractivity (Wildman–Crippen MR) is 80.1 cm³/mol. The van der Waals surface area contributed by atoms with E-state index in [0.717, 1.165) is 10.2 Å². The smallest absolute Gasteiger partial charge is 0.350 e. The lowest BCUT2D eigenvalue weighted by molar-refractivity contribution is -0.138. The molecular formula is C14H13N3O3S. The molecule has 0 amide bonds. The fourth-order valence-corrected chi connectivity index (χ4v) is 2.48. The van der Waals surface area contributed by atoms with Crippen molar-refractivity contribution < 1.29 is 14.3 Å². The number of nitrogens with one attached hydrogen (secondary N) is 1. The zero-order valence-corrected chi connectivity index (χ0v) is 12.4. The number of nitriles is 1. The molecule has 0 bridgehead atoms. The summed E-state index contributed by atoms with van der Waals surface area (Å²) < 4.78 is 10.9. The highest BCUT2D eigenvalue weighted by molar-refractivity contribution is 7.22. The second-order valence-corrected chi connectivity index (χ2v) is 4.89. The zero-order valence-electron chi connectivity index (χ0n) is 11.5. The third-order valence-electron chi connectivity index (χ3n) is 2.56. The van der Waals surface area contributed by atoms with E-state index >= 15 is 0 Å². The van der Waals surface area contributed by atoms with Gasteiger partial charge in [-0.05, 0) is 19.1 Å². The first-order valence-corrected chi connectivity index (χ1v) is 6.98. The zero-order chi connectivity index (χ0) is 15.2. The molecule has 108 valence electrons. The summed E-state index contributed by atoms with van der Waals surface area (Å²) >= 11 is 1.40. The topological polar surface area (TPSA) is 84.2 Å². The second kappa shape index (κ2) is 6.72. The molecule has 1 aromatic heterocycles. The number of thiazole rings is 1. The predicted octanol–water partition coefficient (Wildman–Crippen LogP) is 2.69. The quantitative estimate of drug-likeness (QED) is 0.519. The van der Waals surface area contributed by atoms with Crippen LogP contribution in [0, 0.1) is 11.3 Å². The van der Waals surface area contributed by atoms with Crippen molar-refractivity contribution in [3.8, 4) is 11.8 Å². The average Bonchev–Trinajstić information content (AvgIpc) is 2.90. The third-order valence-corrected chi connectivity index (χ3v) is 3.51. The molecule has 2 rings (SSSR count). The highest BCUT2D eigenvalue weighted by atomic mass is 32.1. The molecule has 0 saturated heterocycles. The molecule has 0 aliphatic rings. The van der Waals surface area contributed by atoms with Crippen LogP contribution in [-0.2, 0) is 9.53 Å². The van der Waals surface area contributed by atoms with E-state index in [0.29, 0.717) is 10.9 Å². The molecule has 21 heavy (non-hydrogen) atoms. The molecule has 2 aromatic rings. The van der Waals surface area contributed by atoms with Crippen LogP contribution in [0.2, 0.25) is 0 Å². The first kappa shape index (κ1) is 14.8. The van der Waals surface area contributed by atoms with Crippen molar-refractivity contribution in [2.75, 3.05) is 19.0 Å². The maximum atomic E-state index is 11.5. The Labute approximate surface area is 125 Å². The molecule has 0 aliphatic carbocycles. The monoisotopic (exact) mass is 303 g/mol. The number of benzene rings is 1. The number of hydrogen-bond donors (Lipinski definition) is 1. The number of rotatable bonds is 5. The van der Waals surface area contributed by atoms with Gasteiger partial charge in [0.05, 0.1) is 18.4 Å². The molecule has 0 spiro atoms. The van der Waals surface area contributed by atoms with Gasteiger partial charge in [0.2, 0.25) is 0 Å². The summed E-state index contributed by atoms with van der Waals surface area (Å²) in [7, 11) is 1.58. The first-order chi connectivity index (χ1) is 10.2. The van der Waals surface area contributed by atoms with Gasteiger partial charge in [-0.3, -0.25) is 0 Å². The SMILES string of the molecule is CCOC(=O)/C(C#N)=C/Nc1nc2c(OC)cccc2s1. The van der Waals surface area contributed by atoms with Crippen LogP contribution in [0.1, 0.15) is 6.92 Å². The number of carbonyl (C=O) groups is 1. The highest BCUT2D eigenvalue weighted by Gasteiger charge is 2.11. The van der Waals surface area contributed by atoms with E-state index in [-0.39, 0.29) is 12.2 Å². The van der Waals surface area contributed by atoms with E-state index in [9.17, 15) is 4.79 Å². The standard InChI is InChI=1S/C14H13N3O3S/c1-3-20-13(18)9(7-15)8-16-14-17-12-10(19-2)5-4-6-11(12)21-14/h4-6,8H,3H2,1-2H3,(H,16,17)/b9-8+. The van der Waals surface area contributed by atoms with Crippen molar-refractivity contribution in [1.82, 2.24) is 4.98 Å². The summed E-state index contributed by atoms with van der Waals surface area (Å²) in [6, 6.07) is 7.40. The molecule has 0 unspecified atom stereocenters. The number of fused-ring (bicyclic) bond motifs is 1. The number of aromatic nitrogens is 1. The maximum absolute atomic E-state index is 11.5. The van der Waals surface area contributed by atoms with Crippen LogP contribution in [0.15, 0.2) is 30.0 Å². The molecule has 0 fully saturated rings. The molecule has 1 aromatic carbocycles. The Bertz CT molecular complexity index is 731. The minimum absolute atomic E-state index is 0.108. The van der Waals surface area contributed by atoms with Gasteiger partial charge >= 0.3 is 5.97 Å². The Morgan fingerprint density at radius 2 is 2.38 bits per heavy atom. The van der Waals surface area contributed by atoms with Crippen LogP contribution in [0.25, 0.3) is 10.2 Å². The van der Waals surface area contributed by atoms with Gasteiger partial charge in [-0.15, -0.1) is 0 Å². The summed E-state index contributed by atoms with van der Waals surface area (Å²) in [6.07, 6.45) is 1.29. The highest BCUT2D eigenvalue weighted by Crippen LogP contribution is 2.32. The van der Waals surface area contributed by atoms with Crippen molar-refractivity contribution in [3.63, 3.8) is 0 Å². The maximum Gasteiger partial charge on any atom is 0.350 e. The average molecular weight is 303 g/mol. The molecule has 0 atom stereocenters. The molecule has 0 aliphatic heterocycles. The number of nitrogens with zero attached hydrogens (tertiary/aromatic N) is 2. The minimum atomic E-state index is -0.661. The van der Waals surface area contributed by atoms with Crippen LogP contribution >= 0.6 is 11.3 Å². The van der Waals surface area contributed by atoms with E-state index in [2.05, 4.69) is 10.3 Å². The lowest BCUT2D eigenvalue weighted by atomic mass is 10.3. The Hall–Kier alpha value is -2.59. The largest absolute Gasteiger partial charge is 0.494 e. The number of anilines is 1. The van der Waals surface area contributed by atoms with E-state index < -0.39 is 5.97 Å². The summed E-state index contributed by atoms with van der Waals surface area (Å²) in [5.41, 5.74) is 0.624. The lowest BCUT2D eigenvalue weighted by Crippen LogP contribution is -2.07. The van der Waals surface area contributed by atoms with E-state index in [4.69, 9.17) is 14.7 Å². The fraction of sp³-hybridized carbons (Fsp3) is 0.214. The van der Waals surface area contributed by atoms with E-state index in [1.165, 1.54) is 17.5 Å². The molecular weight excluding hydrogens is 290 g/mol. The summed E-state index contributed by atoms with van der Waals surface area (Å²) in [4.78, 5) is 15.8.